The van der Waals surface area contributed by atoms with E-state index in [1.165, 1.54) is 6.07 Å². The molecule has 43 heavy (non-hydrogen) atoms. The Bertz CT molecular complexity index is 1980. The molecule has 6 aromatic rings. The molecule has 1 aliphatic rings. The molecule has 0 fully saturated rings. The van der Waals surface area contributed by atoms with Crippen molar-refractivity contribution >= 4 is 11.6 Å². The van der Waals surface area contributed by atoms with Crippen molar-refractivity contribution in [1.29, 1.82) is 0 Å². The average Bonchev–Trinajstić information content (AvgIpc) is 3.73. The van der Waals surface area contributed by atoms with Crippen molar-refractivity contribution in [3.8, 4) is 39.7 Å². The highest BCUT2D eigenvalue weighted by molar-refractivity contribution is 5.98. The molecule has 0 aliphatic carbocycles. The molecule has 7 rings (SSSR count). The lowest BCUT2D eigenvalue weighted by atomic mass is 9.95. The summed E-state index contributed by atoms with van der Waals surface area (Å²) >= 11 is 0. The molecule has 0 saturated heterocycles. The van der Waals surface area contributed by atoms with Gasteiger partial charge < -0.3 is 18.8 Å². The van der Waals surface area contributed by atoms with E-state index in [1.54, 1.807) is 17.2 Å². The summed E-state index contributed by atoms with van der Waals surface area (Å²) in [4.78, 5) is 37.7. The van der Waals surface area contributed by atoms with Crippen LogP contribution in [0.5, 0.6) is 5.75 Å². The number of nitrogens with one attached hydrogen (secondary N) is 1. The van der Waals surface area contributed by atoms with Crippen LogP contribution in [0.4, 0.5) is 5.69 Å². The van der Waals surface area contributed by atoms with Crippen molar-refractivity contribution < 1.29 is 18.6 Å². The van der Waals surface area contributed by atoms with Gasteiger partial charge in [0.15, 0.2) is 12.4 Å². The Kier molecular flexibility index (Phi) is 6.59. The molecule has 0 radical (unpaired) electrons. The molecule has 11 nitrogen and oxygen atoms in total. The van der Waals surface area contributed by atoms with E-state index in [4.69, 9.17) is 13.8 Å². The number of anilines is 1. The number of aromatic amines is 1. The molecular weight excluding hydrogens is 548 g/mol. The Hall–Kier alpha value is -5.84. The van der Waals surface area contributed by atoms with Crippen molar-refractivity contribution in [3.05, 3.63) is 119 Å². The number of fused-ring (bicyclic) bond motifs is 1. The first-order chi connectivity index (χ1) is 21.0. The second kappa shape index (κ2) is 10.9. The van der Waals surface area contributed by atoms with E-state index in [0.717, 1.165) is 22.3 Å². The van der Waals surface area contributed by atoms with E-state index >= 15 is 0 Å². The number of carbonyl (C=O) groups excluding carboxylic acids is 1. The maximum Gasteiger partial charge on any atom is 0.265 e. The average molecular weight is 573 g/mol. The first-order valence-corrected chi connectivity index (χ1v) is 13.6. The number of aromatic nitrogens is 5. The molecule has 0 bridgehead atoms. The SMILES string of the molecule is CC(c1cccc(-c2ccc3c(c2)N(Cc2noc(-c4ccccc4)n2)C(=O)CO3)c1)c1nc(-c2ccc(=O)[nH]c2)no1. The van der Waals surface area contributed by atoms with Crippen LogP contribution in [0.3, 0.4) is 0 Å². The second-order valence-corrected chi connectivity index (χ2v) is 10.1. The molecule has 212 valence electrons. The zero-order valence-corrected chi connectivity index (χ0v) is 22.9. The smallest absolute Gasteiger partial charge is 0.265 e. The summed E-state index contributed by atoms with van der Waals surface area (Å²) in [6.07, 6.45) is 1.55. The zero-order chi connectivity index (χ0) is 29.3. The van der Waals surface area contributed by atoms with Crippen molar-refractivity contribution in [2.24, 2.45) is 0 Å². The van der Waals surface area contributed by atoms with Crippen molar-refractivity contribution in [2.45, 2.75) is 19.4 Å². The van der Waals surface area contributed by atoms with Gasteiger partial charge >= 0.3 is 0 Å². The summed E-state index contributed by atoms with van der Waals surface area (Å²) in [7, 11) is 0. The summed E-state index contributed by atoms with van der Waals surface area (Å²) in [6.45, 7) is 2.05. The Balaban J connectivity index is 1.15. The van der Waals surface area contributed by atoms with Gasteiger partial charge in [0.2, 0.25) is 17.3 Å². The lowest BCUT2D eigenvalue weighted by Crippen LogP contribution is -2.38. The number of benzene rings is 3. The van der Waals surface area contributed by atoms with Crippen LogP contribution in [0.2, 0.25) is 0 Å². The third-order valence-corrected chi connectivity index (χ3v) is 7.26. The molecule has 4 heterocycles. The summed E-state index contributed by atoms with van der Waals surface area (Å²) in [5, 5.41) is 8.19. The third kappa shape index (κ3) is 5.19. The first-order valence-electron chi connectivity index (χ1n) is 13.6. The van der Waals surface area contributed by atoms with E-state index in [0.29, 0.717) is 40.4 Å². The van der Waals surface area contributed by atoms with E-state index in [-0.39, 0.29) is 30.5 Å². The molecule has 11 heteroatoms. The number of hydrogen-bond donors (Lipinski definition) is 1. The number of rotatable bonds is 7. The highest BCUT2D eigenvalue weighted by atomic mass is 16.5. The fourth-order valence-corrected chi connectivity index (χ4v) is 4.92. The summed E-state index contributed by atoms with van der Waals surface area (Å²) in [6, 6.07) is 26.3. The minimum Gasteiger partial charge on any atom is -0.482 e. The highest BCUT2D eigenvalue weighted by Crippen LogP contribution is 2.38. The minimum absolute atomic E-state index is 0.0754. The van der Waals surface area contributed by atoms with Crippen molar-refractivity contribution in [2.75, 3.05) is 11.5 Å². The van der Waals surface area contributed by atoms with Gasteiger partial charge in [0.25, 0.3) is 11.8 Å². The van der Waals surface area contributed by atoms with Crippen LogP contribution in [0.25, 0.3) is 34.0 Å². The summed E-state index contributed by atoms with van der Waals surface area (Å²) in [5.74, 6) is 1.83. The number of nitrogens with zero attached hydrogens (tertiary/aromatic N) is 5. The lowest BCUT2D eigenvalue weighted by molar-refractivity contribution is -0.121. The fourth-order valence-electron chi connectivity index (χ4n) is 4.92. The molecule has 3 aromatic carbocycles. The van der Waals surface area contributed by atoms with Crippen LogP contribution >= 0.6 is 0 Å². The molecule has 1 aliphatic heterocycles. The van der Waals surface area contributed by atoms with Crippen LogP contribution in [-0.4, -0.2) is 37.8 Å². The number of H-pyrrole nitrogens is 1. The predicted molar refractivity (Wildman–Crippen MR) is 156 cm³/mol. The standard InChI is InChI=1S/C32H24N6O5/c1-19(31-35-30(37-42-31)24-11-13-28(39)33-16-24)21-8-5-9-22(14-21)23-10-12-26-25(15-23)38(29(40)18-41-26)17-27-34-32(43-36-27)20-6-3-2-4-7-20/h2-16,19H,17-18H2,1H3,(H,33,39). The minimum atomic E-state index is -0.203. The van der Waals surface area contributed by atoms with Gasteiger partial charge in [0.1, 0.15) is 5.75 Å². The Morgan fingerprint density at radius 2 is 1.65 bits per heavy atom. The quantitative estimate of drug-likeness (QED) is 0.273. The number of ether oxygens (including phenoxy) is 1. The van der Waals surface area contributed by atoms with Gasteiger partial charge in [-0.2, -0.15) is 9.97 Å². The normalized spacial score (nSPS) is 13.4. The maximum atomic E-state index is 13.0. The van der Waals surface area contributed by atoms with Gasteiger partial charge in [-0.1, -0.05) is 58.8 Å². The number of carbonyl (C=O) groups is 1. The van der Waals surface area contributed by atoms with Crippen LogP contribution in [0.15, 0.2) is 105 Å². The fraction of sp³-hybridized carbons (Fsp3) is 0.125. The molecule has 1 unspecified atom stereocenters. The van der Waals surface area contributed by atoms with E-state index < -0.39 is 0 Å². The van der Waals surface area contributed by atoms with Crippen LogP contribution < -0.4 is 15.2 Å². The molecule has 1 N–H and O–H groups in total. The lowest BCUT2D eigenvalue weighted by Gasteiger charge is -2.29. The van der Waals surface area contributed by atoms with Gasteiger partial charge in [-0.3, -0.25) is 14.5 Å². The van der Waals surface area contributed by atoms with Gasteiger partial charge in [-0.25, -0.2) is 0 Å². The molecular formula is C32H24N6O5. The van der Waals surface area contributed by atoms with E-state index in [1.807, 2.05) is 73.7 Å². The summed E-state index contributed by atoms with van der Waals surface area (Å²) < 4.78 is 16.7. The number of hydrogen-bond acceptors (Lipinski definition) is 9. The van der Waals surface area contributed by atoms with Crippen LogP contribution in [0, 0.1) is 0 Å². The molecule has 1 atom stereocenters. The summed E-state index contributed by atoms with van der Waals surface area (Å²) in [5.41, 5.74) is 4.69. The first kappa shape index (κ1) is 26.1. The number of amides is 1. The topological polar surface area (TPSA) is 140 Å². The number of pyridine rings is 1. The molecule has 0 spiro atoms. The van der Waals surface area contributed by atoms with Crippen LogP contribution in [0.1, 0.15) is 30.1 Å². The Morgan fingerprint density at radius 1 is 0.837 bits per heavy atom. The predicted octanol–water partition coefficient (Wildman–Crippen LogP) is 5.22. The third-order valence-electron chi connectivity index (χ3n) is 7.26. The van der Waals surface area contributed by atoms with Gasteiger partial charge in [0.05, 0.1) is 18.2 Å². The van der Waals surface area contributed by atoms with E-state index in [9.17, 15) is 9.59 Å². The van der Waals surface area contributed by atoms with Crippen molar-refractivity contribution in [1.82, 2.24) is 25.3 Å². The van der Waals surface area contributed by atoms with Gasteiger partial charge in [-0.05, 0) is 53.9 Å². The molecule has 0 saturated carbocycles. The maximum absolute atomic E-state index is 13.0. The monoisotopic (exact) mass is 572 g/mol. The van der Waals surface area contributed by atoms with Gasteiger partial charge in [0, 0.05) is 23.4 Å². The second-order valence-electron chi connectivity index (χ2n) is 10.1. The zero-order valence-electron chi connectivity index (χ0n) is 22.9. The molecule has 3 aromatic heterocycles. The molecule has 1 amide bonds. The largest absolute Gasteiger partial charge is 0.482 e. The Labute approximate surface area is 244 Å². The van der Waals surface area contributed by atoms with Gasteiger partial charge in [-0.15, -0.1) is 0 Å². The van der Waals surface area contributed by atoms with Crippen LogP contribution in [-0.2, 0) is 11.3 Å². The Morgan fingerprint density at radius 3 is 2.49 bits per heavy atom. The highest BCUT2D eigenvalue weighted by Gasteiger charge is 2.28. The van der Waals surface area contributed by atoms with Crippen molar-refractivity contribution in [3.63, 3.8) is 0 Å². The van der Waals surface area contributed by atoms with E-state index in [2.05, 4.69) is 31.3 Å².